The molecule has 166 valence electrons. The molecule has 4 rings (SSSR count). The third-order valence-electron chi connectivity index (χ3n) is 5.05. The van der Waals surface area contributed by atoms with Gasteiger partial charge in [-0.25, -0.2) is 4.90 Å². The Morgan fingerprint density at radius 1 is 0.909 bits per heavy atom. The van der Waals surface area contributed by atoms with Crippen molar-refractivity contribution in [3.8, 4) is 5.75 Å². The lowest BCUT2D eigenvalue weighted by molar-refractivity contribution is -0.120. The SMILES string of the molecule is COc1ccc(C)cc1N1C(=O)C(Cl)=C(Nc2ccc(C(=O)Nc3ccccc3)cc2)C1=O. The third-order valence-corrected chi connectivity index (χ3v) is 5.40. The first-order valence-electron chi connectivity index (χ1n) is 10.1. The van der Waals surface area contributed by atoms with E-state index in [4.69, 9.17) is 16.3 Å². The smallest absolute Gasteiger partial charge is 0.283 e. The Morgan fingerprint density at radius 2 is 1.61 bits per heavy atom. The highest BCUT2D eigenvalue weighted by molar-refractivity contribution is 6.53. The fraction of sp³-hybridized carbons (Fsp3) is 0.0800. The molecule has 0 atom stereocenters. The summed E-state index contributed by atoms with van der Waals surface area (Å²) in [6.45, 7) is 1.84. The number of hydrogen-bond acceptors (Lipinski definition) is 5. The summed E-state index contributed by atoms with van der Waals surface area (Å²) in [5.74, 6) is -1.14. The van der Waals surface area contributed by atoms with Crippen molar-refractivity contribution in [1.82, 2.24) is 0 Å². The largest absolute Gasteiger partial charge is 0.495 e. The quantitative estimate of drug-likeness (QED) is 0.520. The van der Waals surface area contributed by atoms with Crippen LogP contribution in [0, 0.1) is 6.92 Å². The molecule has 0 aliphatic carbocycles. The Morgan fingerprint density at radius 3 is 2.27 bits per heavy atom. The minimum atomic E-state index is -0.646. The summed E-state index contributed by atoms with van der Waals surface area (Å²) in [5, 5.41) is 5.48. The van der Waals surface area contributed by atoms with E-state index in [2.05, 4.69) is 10.6 Å². The first kappa shape index (κ1) is 22.1. The number of anilines is 3. The second-order valence-corrected chi connectivity index (χ2v) is 7.71. The van der Waals surface area contributed by atoms with Crippen LogP contribution in [0.25, 0.3) is 0 Å². The number of imide groups is 1. The van der Waals surface area contributed by atoms with Crippen molar-refractivity contribution < 1.29 is 19.1 Å². The van der Waals surface area contributed by atoms with Crippen molar-refractivity contribution in [2.24, 2.45) is 0 Å². The van der Waals surface area contributed by atoms with Crippen LogP contribution in [0.15, 0.2) is 83.5 Å². The molecule has 0 spiro atoms. The first-order chi connectivity index (χ1) is 15.9. The molecule has 3 aromatic rings. The zero-order valence-electron chi connectivity index (χ0n) is 17.9. The van der Waals surface area contributed by atoms with E-state index in [-0.39, 0.29) is 16.6 Å². The number of amides is 3. The highest BCUT2D eigenvalue weighted by Gasteiger charge is 2.40. The van der Waals surface area contributed by atoms with Crippen LogP contribution in [0.5, 0.6) is 5.75 Å². The Kier molecular flexibility index (Phi) is 6.15. The van der Waals surface area contributed by atoms with Crippen molar-refractivity contribution >= 4 is 46.4 Å². The normalized spacial score (nSPS) is 13.4. The van der Waals surface area contributed by atoms with Gasteiger partial charge in [0.25, 0.3) is 17.7 Å². The van der Waals surface area contributed by atoms with E-state index in [0.29, 0.717) is 28.4 Å². The number of aryl methyl sites for hydroxylation is 1. The highest BCUT2D eigenvalue weighted by atomic mass is 35.5. The molecule has 3 aromatic carbocycles. The molecule has 33 heavy (non-hydrogen) atoms. The van der Waals surface area contributed by atoms with Crippen LogP contribution in [-0.4, -0.2) is 24.8 Å². The summed E-state index contributed by atoms with van der Waals surface area (Å²) in [4.78, 5) is 39.3. The Labute approximate surface area is 195 Å². The van der Waals surface area contributed by atoms with Gasteiger partial charge in [0.05, 0.1) is 12.8 Å². The lowest BCUT2D eigenvalue weighted by Crippen LogP contribution is -2.32. The van der Waals surface area contributed by atoms with Gasteiger partial charge in [0.1, 0.15) is 16.5 Å². The van der Waals surface area contributed by atoms with E-state index >= 15 is 0 Å². The number of nitrogens with one attached hydrogen (secondary N) is 2. The number of carbonyl (C=O) groups excluding carboxylic acids is 3. The number of para-hydroxylation sites is 1. The summed E-state index contributed by atoms with van der Waals surface area (Å²) in [7, 11) is 1.46. The molecule has 2 N–H and O–H groups in total. The Balaban J connectivity index is 1.52. The highest BCUT2D eigenvalue weighted by Crippen LogP contribution is 2.36. The van der Waals surface area contributed by atoms with Gasteiger partial charge in [-0.15, -0.1) is 0 Å². The van der Waals surface area contributed by atoms with E-state index in [1.165, 1.54) is 7.11 Å². The van der Waals surface area contributed by atoms with E-state index in [9.17, 15) is 14.4 Å². The number of benzene rings is 3. The predicted molar refractivity (Wildman–Crippen MR) is 128 cm³/mol. The van der Waals surface area contributed by atoms with Crippen LogP contribution >= 0.6 is 11.6 Å². The third kappa shape index (κ3) is 4.44. The molecule has 1 aliphatic heterocycles. The molecular formula is C25H20ClN3O4. The van der Waals surface area contributed by atoms with E-state index in [1.54, 1.807) is 48.5 Å². The molecule has 1 aliphatic rings. The average molecular weight is 462 g/mol. The molecule has 0 unspecified atom stereocenters. The van der Waals surface area contributed by atoms with Crippen LogP contribution < -0.4 is 20.3 Å². The van der Waals surface area contributed by atoms with Gasteiger partial charge in [0, 0.05) is 16.9 Å². The number of rotatable bonds is 6. The molecule has 0 fully saturated rings. The molecule has 0 saturated carbocycles. The fourth-order valence-electron chi connectivity index (χ4n) is 3.38. The fourth-order valence-corrected chi connectivity index (χ4v) is 3.59. The van der Waals surface area contributed by atoms with Crippen LogP contribution in [0.1, 0.15) is 15.9 Å². The van der Waals surface area contributed by atoms with Crippen molar-refractivity contribution in [3.63, 3.8) is 0 Å². The molecule has 0 bridgehead atoms. The van der Waals surface area contributed by atoms with Crippen LogP contribution in [0.2, 0.25) is 0 Å². The number of carbonyl (C=O) groups is 3. The minimum Gasteiger partial charge on any atom is -0.495 e. The maximum absolute atomic E-state index is 13.1. The van der Waals surface area contributed by atoms with Crippen molar-refractivity contribution in [1.29, 1.82) is 0 Å². The van der Waals surface area contributed by atoms with Crippen LogP contribution in [-0.2, 0) is 9.59 Å². The summed E-state index contributed by atoms with van der Waals surface area (Å²) in [6, 6.07) is 20.8. The zero-order valence-corrected chi connectivity index (χ0v) is 18.6. The maximum Gasteiger partial charge on any atom is 0.283 e. The zero-order chi connectivity index (χ0) is 23.5. The molecule has 3 amide bonds. The molecule has 0 aromatic heterocycles. The van der Waals surface area contributed by atoms with Gasteiger partial charge in [-0.1, -0.05) is 35.9 Å². The monoisotopic (exact) mass is 461 g/mol. The van der Waals surface area contributed by atoms with Gasteiger partial charge in [-0.2, -0.15) is 0 Å². The Bertz CT molecular complexity index is 1270. The van der Waals surface area contributed by atoms with Crippen LogP contribution in [0.3, 0.4) is 0 Å². The van der Waals surface area contributed by atoms with Gasteiger partial charge in [0.15, 0.2) is 0 Å². The number of ether oxygens (including phenoxy) is 1. The second kappa shape index (κ2) is 9.18. The topological polar surface area (TPSA) is 87.7 Å². The summed E-state index contributed by atoms with van der Waals surface area (Å²) < 4.78 is 5.31. The van der Waals surface area contributed by atoms with E-state index in [1.807, 2.05) is 31.2 Å². The summed E-state index contributed by atoms with van der Waals surface area (Å²) in [5.41, 5.74) is 2.74. The lowest BCUT2D eigenvalue weighted by atomic mass is 10.2. The summed E-state index contributed by atoms with van der Waals surface area (Å²) >= 11 is 6.23. The van der Waals surface area contributed by atoms with Crippen molar-refractivity contribution in [2.75, 3.05) is 22.6 Å². The van der Waals surface area contributed by atoms with E-state index < -0.39 is 11.8 Å². The molecule has 1 heterocycles. The number of halogens is 1. The van der Waals surface area contributed by atoms with Gasteiger partial charge in [-0.05, 0) is 61.0 Å². The number of nitrogens with zero attached hydrogens (tertiary/aromatic N) is 1. The van der Waals surface area contributed by atoms with Crippen molar-refractivity contribution in [2.45, 2.75) is 6.92 Å². The lowest BCUT2D eigenvalue weighted by Gasteiger charge is -2.18. The molecular weight excluding hydrogens is 442 g/mol. The van der Waals surface area contributed by atoms with Gasteiger partial charge >= 0.3 is 0 Å². The first-order valence-corrected chi connectivity index (χ1v) is 10.4. The van der Waals surface area contributed by atoms with Gasteiger partial charge in [0.2, 0.25) is 0 Å². The number of methoxy groups -OCH3 is 1. The molecule has 7 nitrogen and oxygen atoms in total. The molecule has 8 heteroatoms. The summed E-state index contributed by atoms with van der Waals surface area (Å²) in [6.07, 6.45) is 0. The molecule has 0 radical (unpaired) electrons. The Hall–Kier alpha value is -4.10. The predicted octanol–water partition coefficient (Wildman–Crippen LogP) is 4.69. The maximum atomic E-state index is 13.1. The van der Waals surface area contributed by atoms with Crippen LogP contribution in [0.4, 0.5) is 17.1 Å². The van der Waals surface area contributed by atoms with E-state index in [0.717, 1.165) is 10.5 Å². The standard InChI is InChI=1S/C25H20ClN3O4/c1-15-8-13-20(33-2)19(14-15)29-24(31)21(26)22(25(29)32)27-18-11-9-16(10-12-18)23(30)28-17-6-4-3-5-7-17/h3-14,27H,1-2H3,(H,28,30). The van der Waals surface area contributed by atoms with Gasteiger partial charge < -0.3 is 15.4 Å². The second-order valence-electron chi connectivity index (χ2n) is 7.33. The van der Waals surface area contributed by atoms with Gasteiger partial charge in [-0.3, -0.25) is 14.4 Å². The average Bonchev–Trinajstić information content (AvgIpc) is 3.03. The minimum absolute atomic E-state index is 0.0493. The number of hydrogen-bond donors (Lipinski definition) is 2. The molecule has 0 saturated heterocycles. The van der Waals surface area contributed by atoms with Crippen molar-refractivity contribution in [3.05, 3.63) is 94.7 Å².